The SMILES string of the molecule is c1ccc2c(c1)ccc1c3ccccc3n(-c3ccc(N(c4ccc5c(c4)sc4ccccc45)c4ccc5oc6ccccc6c5c4)cc3)c21. The maximum absolute atomic E-state index is 6.23. The lowest BCUT2D eigenvalue weighted by Crippen LogP contribution is -2.10. The Labute approximate surface area is 291 Å². The van der Waals surface area contributed by atoms with Crippen molar-refractivity contribution in [2.24, 2.45) is 0 Å². The first kappa shape index (κ1) is 27.6. The molecule has 0 unspecified atom stereocenters. The lowest BCUT2D eigenvalue weighted by Gasteiger charge is -2.26. The van der Waals surface area contributed by atoms with Crippen LogP contribution in [0.3, 0.4) is 0 Å². The van der Waals surface area contributed by atoms with Gasteiger partial charge in [-0.25, -0.2) is 0 Å². The summed E-state index contributed by atoms with van der Waals surface area (Å²) in [6, 6.07) is 61.4. The highest BCUT2D eigenvalue weighted by Crippen LogP contribution is 2.43. The van der Waals surface area contributed by atoms with E-state index in [1.54, 1.807) is 0 Å². The van der Waals surface area contributed by atoms with E-state index >= 15 is 0 Å². The zero-order valence-electron chi connectivity index (χ0n) is 26.9. The highest BCUT2D eigenvalue weighted by molar-refractivity contribution is 7.25. The molecule has 0 amide bonds. The van der Waals surface area contributed by atoms with Gasteiger partial charge in [-0.15, -0.1) is 11.3 Å². The molecule has 0 aliphatic carbocycles. The minimum atomic E-state index is 0.892. The summed E-state index contributed by atoms with van der Waals surface area (Å²) in [6.07, 6.45) is 0. The first-order chi connectivity index (χ1) is 24.8. The summed E-state index contributed by atoms with van der Waals surface area (Å²) < 4.78 is 11.2. The summed E-state index contributed by atoms with van der Waals surface area (Å²) in [5.74, 6) is 0. The largest absolute Gasteiger partial charge is 0.456 e. The summed E-state index contributed by atoms with van der Waals surface area (Å²) >= 11 is 1.85. The monoisotopic (exact) mass is 656 g/mol. The second-order valence-electron chi connectivity index (χ2n) is 12.9. The number of anilines is 3. The topological polar surface area (TPSA) is 21.3 Å². The number of furan rings is 1. The highest BCUT2D eigenvalue weighted by atomic mass is 32.1. The van der Waals surface area contributed by atoms with Crippen LogP contribution in [0.5, 0.6) is 0 Å². The van der Waals surface area contributed by atoms with Crippen LogP contribution in [0.15, 0.2) is 174 Å². The summed E-state index contributed by atoms with van der Waals surface area (Å²) in [5, 5.41) is 9.85. The van der Waals surface area contributed by atoms with E-state index in [0.717, 1.165) is 44.7 Å². The molecule has 4 heteroatoms. The number of nitrogens with zero attached hydrogens (tertiary/aromatic N) is 2. The molecule has 3 aromatic heterocycles. The van der Waals surface area contributed by atoms with E-state index in [2.05, 4.69) is 167 Å². The highest BCUT2D eigenvalue weighted by Gasteiger charge is 2.19. The fourth-order valence-corrected chi connectivity index (χ4v) is 9.04. The van der Waals surface area contributed by atoms with E-state index in [-0.39, 0.29) is 0 Å². The van der Waals surface area contributed by atoms with E-state index in [1.807, 2.05) is 23.5 Å². The van der Waals surface area contributed by atoms with E-state index in [4.69, 9.17) is 4.42 Å². The van der Waals surface area contributed by atoms with Gasteiger partial charge in [-0.1, -0.05) is 97.1 Å². The average molecular weight is 657 g/mol. The number of thiophene rings is 1. The lowest BCUT2D eigenvalue weighted by molar-refractivity contribution is 0.669. The van der Waals surface area contributed by atoms with Crippen molar-refractivity contribution in [1.82, 2.24) is 4.57 Å². The Morgan fingerprint density at radius 3 is 1.96 bits per heavy atom. The zero-order chi connectivity index (χ0) is 32.8. The summed E-state index contributed by atoms with van der Waals surface area (Å²) in [5.41, 5.74) is 8.66. The van der Waals surface area contributed by atoms with Gasteiger partial charge in [0.2, 0.25) is 0 Å². The molecular formula is C46H28N2OS. The molecule has 0 saturated carbocycles. The van der Waals surface area contributed by atoms with E-state index in [1.165, 1.54) is 52.8 Å². The zero-order valence-corrected chi connectivity index (χ0v) is 27.7. The number of hydrogen-bond donors (Lipinski definition) is 0. The van der Waals surface area contributed by atoms with Crippen molar-refractivity contribution >= 4 is 103 Å². The van der Waals surface area contributed by atoms with E-state index in [0.29, 0.717) is 0 Å². The molecule has 8 aromatic carbocycles. The molecule has 0 bridgehead atoms. The molecule has 0 radical (unpaired) electrons. The number of fused-ring (bicyclic) bond motifs is 11. The first-order valence-electron chi connectivity index (χ1n) is 16.9. The van der Waals surface area contributed by atoms with Gasteiger partial charge in [0.1, 0.15) is 11.2 Å². The van der Waals surface area contributed by atoms with Crippen LogP contribution in [0.25, 0.3) is 80.4 Å². The standard InChI is InChI=1S/C46H28N2OS/c1-2-10-34-29(9-1)17-24-39-35-11-3-6-14-41(35)48(46(34)39)31-20-18-30(19-21-31)47(32-23-26-43-40(27-32)36-12-4-7-15-42(36)49-43)33-22-25-38-37-13-5-8-16-44(37)50-45(38)28-33/h1-28H. The Kier molecular flexibility index (Phi) is 5.83. The second-order valence-corrected chi connectivity index (χ2v) is 14.0. The molecule has 11 rings (SSSR count). The predicted molar refractivity (Wildman–Crippen MR) is 213 cm³/mol. The van der Waals surface area contributed by atoms with Gasteiger partial charge in [0, 0.05) is 69.9 Å². The molecule has 0 aliphatic heterocycles. The van der Waals surface area contributed by atoms with Crippen molar-refractivity contribution in [1.29, 1.82) is 0 Å². The predicted octanol–water partition coefficient (Wildman–Crippen LogP) is 13.7. The van der Waals surface area contributed by atoms with Gasteiger partial charge < -0.3 is 13.9 Å². The average Bonchev–Trinajstić information content (AvgIpc) is 3.84. The van der Waals surface area contributed by atoms with Crippen LogP contribution in [0.4, 0.5) is 17.1 Å². The third-order valence-electron chi connectivity index (χ3n) is 10.2. The van der Waals surface area contributed by atoms with Crippen molar-refractivity contribution in [2.45, 2.75) is 0 Å². The fourth-order valence-electron chi connectivity index (χ4n) is 7.90. The van der Waals surface area contributed by atoms with Crippen LogP contribution in [-0.2, 0) is 0 Å². The minimum absolute atomic E-state index is 0.892. The molecular weight excluding hydrogens is 629 g/mol. The van der Waals surface area contributed by atoms with Gasteiger partial charge in [-0.05, 0) is 78.2 Å². The van der Waals surface area contributed by atoms with Gasteiger partial charge >= 0.3 is 0 Å². The van der Waals surface area contributed by atoms with Gasteiger partial charge in [0.15, 0.2) is 0 Å². The molecule has 11 aromatic rings. The molecule has 0 fully saturated rings. The Bertz CT molecular complexity index is 3110. The van der Waals surface area contributed by atoms with Crippen molar-refractivity contribution in [2.75, 3.05) is 4.90 Å². The van der Waals surface area contributed by atoms with Crippen molar-refractivity contribution in [3.05, 3.63) is 170 Å². The van der Waals surface area contributed by atoms with Gasteiger partial charge in [-0.2, -0.15) is 0 Å². The van der Waals surface area contributed by atoms with Crippen molar-refractivity contribution < 1.29 is 4.42 Å². The number of benzene rings is 8. The van der Waals surface area contributed by atoms with Crippen LogP contribution >= 0.6 is 11.3 Å². The number of rotatable bonds is 4. The second kappa shape index (κ2) is 10.6. The van der Waals surface area contributed by atoms with Crippen LogP contribution in [0.2, 0.25) is 0 Å². The maximum Gasteiger partial charge on any atom is 0.135 e. The van der Waals surface area contributed by atoms with Crippen LogP contribution in [0, 0.1) is 0 Å². The van der Waals surface area contributed by atoms with Crippen LogP contribution in [0.1, 0.15) is 0 Å². The molecule has 0 N–H and O–H groups in total. The molecule has 0 spiro atoms. The van der Waals surface area contributed by atoms with Crippen LogP contribution < -0.4 is 4.90 Å². The van der Waals surface area contributed by atoms with E-state index in [9.17, 15) is 0 Å². The molecule has 0 atom stereocenters. The first-order valence-corrected chi connectivity index (χ1v) is 17.7. The summed E-state index contributed by atoms with van der Waals surface area (Å²) in [4.78, 5) is 2.37. The molecule has 0 aliphatic rings. The third kappa shape index (κ3) is 4.03. The van der Waals surface area contributed by atoms with Gasteiger partial charge in [-0.3, -0.25) is 0 Å². The summed E-state index contributed by atoms with van der Waals surface area (Å²) in [7, 11) is 0. The van der Waals surface area contributed by atoms with Gasteiger partial charge in [0.25, 0.3) is 0 Å². The molecule has 3 heterocycles. The Morgan fingerprint density at radius 1 is 0.420 bits per heavy atom. The maximum atomic E-state index is 6.23. The molecule has 0 saturated heterocycles. The normalized spacial score (nSPS) is 12.0. The molecule has 50 heavy (non-hydrogen) atoms. The van der Waals surface area contributed by atoms with E-state index < -0.39 is 0 Å². The smallest absolute Gasteiger partial charge is 0.135 e. The third-order valence-corrected chi connectivity index (χ3v) is 11.3. The quantitative estimate of drug-likeness (QED) is 0.188. The van der Waals surface area contributed by atoms with Crippen molar-refractivity contribution in [3.8, 4) is 5.69 Å². The Hall–Kier alpha value is -6.36. The van der Waals surface area contributed by atoms with Crippen LogP contribution in [-0.4, -0.2) is 4.57 Å². The molecule has 3 nitrogen and oxygen atoms in total. The number of aromatic nitrogens is 1. The van der Waals surface area contributed by atoms with Gasteiger partial charge in [0.05, 0.1) is 11.0 Å². The minimum Gasteiger partial charge on any atom is -0.456 e. The Morgan fingerprint density at radius 2 is 1.06 bits per heavy atom. The number of para-hydroxylation sites is 2. The number of hydrogen-bond acceptors (Lipinski definition) is 3. The fraction of sp³-hybridized carbons (Fsp3) is 0. The Balaban J connectivity index is 1.12. The van der Waals surface area contributed by atoms with Crippen molar-refractivity contribution in [3.63, 3.8) is 0 Å². The lowest BCUT2D eigenvalue weighted by atomic mass is 10.1. The molecule has 234 valence electrons. The summed E-state index contributed by atoms with van der Waals surface area (Å²) in [6.45, 7) is 0.